The molecule has 0 aliphatic rings. The molecule has 0 radical (unpaired) electrons. The van der Waals surface area contributed by atoms with Crippen molar-refractivity contribution in [3.8, 4) is 5.95 Å². The van der Waals surface area contributed by atoms with E-state index in [1.807, 2.05) is 6.92 Å². The standard InChI is InChI=1S/C10H11N7/c1-2-6-15-8(11)7-9(16-6)17(5-14-7)10-12-3-4-13-10/h3-5H,2H2,1H3,(H,12,13)(H2,11,15,16). The fraction of sp³-hybridized carbons (Fsp3) is 0.200. The van der Waals surface area contributed by atoms with E-state index in [0.717, 1.165) is 6.42 Å². The van der Waals surface area contributed by atoms with Crippen molar-refractivity contribution in [2.75, 3.05) is 5.73 Å². The smallest absolute Gasteiger partial charge is 0.214 e. The minimum absolute atomic E-state index is 0.400. The van der Waals surface area contributed by atoms with Crippen molar-refractivity contribution < 1.29 is 0 Å². The Bertz CT molecular complexity index is 653. The van der Waals surface area contributed by atoms with Crippen molar-refractivity contribution in [2.45, 2.75) is 13.3 Å². The number of nitrogen functional groups attached to an aromatic ring is 1. The van der Waals surface area contributed by atoms with Gasteiger partial charge in [0.2, 0.25) is 5.95 Å². The van der Waals surface area contributed by atoms with E-state index in [1.54, 1.807) is 23.3 Å². The van der Waals surface area contributed by atoms with Gasteiger partial charge < -0.3 is 10.7 Å². The molecule has 0 unspecified atom stereocenters. The maximum atomic E-state index is 5.84. The van der Waals surface area contributed by atoms with Gasteiger partial charge in [0, 0.05) is 18.8 Å². The molecule has 0 saturated carbocycles. The maximum absolute atomic E-state index is 5.84. The average Bonchev–Trinajstić information content (AvgIpc) is 2.96. The Morgan fingerprint density at radius 2 is 2.24 bits per heavy atom. The van der Waals surface area contributed by atoms with Crippen molar-refractivity contribution in [2.24, 2.45) is 0 Å². The van der Waals surface area contributed by atoms with Crippen LogP contribution in [0.2, 0.25) is 0 Å². The molecule has 0 aliphatic carbocycles. The van der Waals surface area contributed by atoms with Crippen LogP contribution in [-0.2, 0) is 6.42 Å². The van der Waals surface area contributed by atoms with Crippen LogP contribution in [-0.4, -0.2) is 29.5 Å². The zero-order valence-corrected chi connectivity index (χ0v) is 9.25. The van der Waals surface area contributed by atoms with Gasteiger partial charge in [-0.2, -0.15) is 0 Å². The molecule has 0 amide bonds. The molecule has 17 heavy (non-hydrogen) atoms. The normalized spacial score (nSPS) is 11.1. The van der Waals surface area contributed by atoms with Gasteiger partial charge in [-0.25, -0.2) is 19.9 Å². The molecule has 3 aromatic rings. The Morgan fingerprint density at radius 1 is 1.35 bits per heavy atom. The van der Waals surface area contributed by atoms with Crippen LogP contribution in [0.25, 0.3) is 17.1 Å². The zero-order valence-electron chi connectivity index (χ0n) is 9.25. The first-order valence-electron chi connectivity index (χ1n) is 5.28. The molecule has 3 N–H and O–H groups in total. The van der Waals surface area contributed by atoms with E-state index in [0.29, 0.717) is 28.8 Å². The molecule has 0 atom stereocenters. The number of aromatic amines is 1. The van der Waals surface area contributed by atoms with Gasteiger partial charge in [0.25, 0.3) is 0 Å². The van der Waals surface area contributed by atoms with E-state index in [9.17, 15) is 0 Å². The monoisotopic (exact) mass is 229 g/mol. The fourth-order valence-corrected chi connectivity index (χ4v) is 1.67. The Balaban J connectivity index is 2.31. The number of aromatic nitrogens is 6. The summed E-state index contributed by atoms with van der Waals surface area (Å²) in [6, 6.07) is 0. The maximum Gasteiger partial charge on any atom is 0.214 e. The van der Waals surface area contributed by atoms with Crippen molar-refractivity contribution in [3.63, 3.8) is 0 Å². The van der Waals surface area contributed by atoms with E-state index in [-0.39, 0.29) is 0 Å². The van der Waals surface area contributed by atoms with Crippen molar-refractivity contribution in [1.29, 1.82) is 0 Å². The van der Waals surface area contributed by atoms with Crippen LogP contribution in [0.1, 0.15) is 12.7 Å². The zero-order chi connectivity index (χ0) is 11.8. The Morgan fingerprint density at radius 3 is 2.94 bits per heavy atom. The lowest BCUT2D eigenvalue weighted by molar-refractivity contribution is 0.927. The molecule has 3 rings (SSSR count). The van der Waals surface area contributed by atoms with Crippen LogP contribution < -0.4 is 5.73 Å². The lowest BCUT2D eigenvalue weighted by atomic mass is 10.4. The largest absolute Gasteiger partial charge is 0.382 e. The highest BCUT2D eigenvalue weighted by Crippen LogP contribution is 2.18. The third kappa shape index (κ3) is 1.43. The van der Waals surface area contributed by atoms with E-state index in [4.69, 9.17) is 5.73 Å². The molecular formula is C10H11N7. The van der Waals surface area contributed by atoms with Crippen molar-refractivity contribution in [3.05, 3.63) is 24.5 Å². The Labute approximate surface area is 96.7 Å². The molecule has 0 spiro atoms. The lowest BCUT2D eigenvalue weighted by Gasteiger charge is -2.01. The number of aryl methyl sites for hydroxylation is 1. The van der Waals surface area contributed by atoms with Gasteiger partial charge in [-0.05, 0) is 0 Å². The number of anilines is 1. The summed E-state index contributed by atoms with van der Waals surface area (Å²) in [6.07, 6.45) is 5.77. The molecule has 3 heterocycles. The minimum Gasteiger partial charge on any atom is -0.382 e. The van der Waals surface area contributed by atoms with Gasteiger partial charge in [0.15, 0.2) is 17.0 Å². The van der Waals surface area contributed by atoms with E-state index < -0.39 is 0 Å². The van der Waals surface area contributed by atoms with Gasteiger partial charge >= 0.3 is 0 Å². The summed E-state index contributed by atoms with van der Waals surface area (Å²) in [5.41, 5.74) is 7.11. The van der Waals surface area contributed by atoms with Gasteiger partial charge in [0.05, 0.1) is 0 Å². The van der Waals surface area contributed by atoms with Crippen LogP contribution in [0.3, 0.4) is 0 Å². The highest BCUT2D eigenvalue weighted by atomic mass is 15.2. The molecule has 0 aliphatic heterocycles. The van der Waals surface area contributed by atoms with Crippen LogP contribution in [0.15, 0.2) is 18.7 Å². The van der Waals surface area contributed by atoms with Gasteiger partial charge in [-0.3, -0.25) is 4.57 Å². The van der Waals surface area contributed by atoms with Crippen LogP contribution in [0.4, 0.5) is 5.82 Å². The van der Waals surface area contributed by atoms with Gasteiger partial charge in [-0.15, -0.1) is 0 Å². The first-order valence-corrected chi connectivity index (χ1v) is 5.28. The predicted molar refractivity (Wildman–Crippen MR) is 62.6 cm³/mol. The molecule has 0 aromatic carbocycles. The topological polar surface area (TPSA) is 98.3 Å². The molecule has 7 nitrogen and oxygen atoms in total. The van der Waals surface area contributed by atoms with Crippen molar-refractivity contribution in [1.82, 2.24) is 29.5 Å². The molecule has 86 valence electrons. The van der Waals surface area contributed by atoms with Crippen LogP contribution >= 0.6 is 0 Å². The summed E-state index contributed by atoms with van der Waals surface area (Å²) in [6.45, 7) is 1.98. The summed E-state index contributed by atoms with van der Waals surface area (Å²) in [5.74, 6) is 1.76. The Kier molecular flexibility index (Phi) is 2.04. The number of nitrogens with two attached hydrogens (primary N) is 1. The molecular weight excluding hydrogens is 218 g/mol. The number of rotatable bonds is 2. The quantitative estimate of drug-likeness (QED) is 0.673. The summed E-state index contributed by atoms with van der Waals surface area (Å²) in [7, 11) is 0. The average molecular weight is 229 g/mol. The SMILES string of the molecule is CCc1nc(N)c2ncn(-c3ncc[nH]3)c2n1. The molecule has 0 bridgehead atoms. The highest BCUT2D eigenvalue weighted by Gasteiger charge is 2.12. The van der Waals surface area contributed by atoms with E-state index >= 15 is 0 Å². The van der Waals surface area contributed by atoms with Gasteiger partial charge in [-0.1, -0.05) is 6.92 Å². The summed E-state index contributed by atoms with van der Waals surface area (Å²) >= 11 is 0. The predicted octanol–water partition coefficient (Wildman–Crippen LogP) is 0.683. The fourth-order valence-electron chi connectivity index (χ4n) is 1.67. The number of imidazole rings is 2. The summed E-state index contributed by atoms with van der Waals surface area (Å²) in [4.78, 5) is 20.0. The summed E-state index contributed by atoms with van der Waals surface area (Å²) < 4.78 is 1.76. The van der Waals surface area contributed by atoms with E-state index in [2.05, 4.69) is 24.9 Å². The second kappa shape index (κ2) is 3.55. The number of nitrogens with zero attached hydrogens (tertiary/aromatic N) is 5. The third-order valence-electron chi connectivity index (χ3n) is 2.50. The lowest BCUT2D eigenvalue weighted by Crippen LogP contribution is -2.02. The van der Waals surface area contributed by atoms with Crippen LogP contribution in [0.5, 0.6) is 0 Å². The molecule has 0 saturated heterocycles. The number of hydrogen-bond acceptors (Lipinski definition) is 5. The minimum atomic E-state index is 0.400. The number of fused-ring (bicyclic) bond motifs is 1. The number of hydrogen-bond donors (Lipinski definition) is 2. The first kappa shape index (κ1) is 9.76. The molecule has 7 heteroatoms. The highest BCUT2D eigenvalue weighted by molar-refractivity contribution is 5.82. The Hall–Kier alpha value is -2.44. The molecule has 0 fully saturated rings. The first-order chi connectivity index (χ1) is 8.29. The second-order valence-corrected chi connectivity index (χ2v) is 3.58. The molecule has 3 aromatic heterocycles. The number of H-pyrrole nitrogens is 1. The van der Waals surface area contributed by atoms with Crippen LogP contribution in [0, 0.1) is 0 Å². The summed E-state index contributed by atoms with van der Waals surface area (Å²) in [5, 5.41) is 0. The number of nitrogens with one attached hydrogen (secondary N) is 1. The second-order valence-electron chi connectivity index (χ2n) is 3.58. The van der Waals surface area contributed by atoms with Gasteiger partial charge in [0.1, 0.15) is 12.2 Å². The van der Waals surface area contributed by atoms with Crippen molar-refractivity contribution >= 4 is 17.0 Å². The van der Waals surface area contributed by atoms with E-state index in [1.165, 1.54) is 0 Å². The third-order valence-corrected chi connectivity index (χ3v) is 2.50.